The van der Waals surface area contributed by atoms with E-state index in [0.717, 1.165) is 19.3 Å². The number of nitrogens with two attached hydrogens (primary N) is 1. The molecule has 10 nitrogen and oxygen atoms in total. The van der Waals surface area contributed by atoms with Crippen molar-refractivity contribution in [3.05, 3.63) is 0 Å². The SMILES string of the molecule is C#CC#CC#CC#CC(=O)OC[C@H](COP(=O)([O-])[O-])OC(=O)CCCCCCCCCCCCC.CC(N)=O.[HH].[HH].[HH].[HH].[HH].[HH].[HH].[Na+].[Na+]. The number of phosphoric acid groups is 1. The first-order chi connectivity index (χ1) is 18.5. The molecule has 0 aromatic carbocycles. The number of rotatable bonds is 18. The van der Waals surface area contributed by atoms with E-state index in [4.69, 9.17) is 15.9 Å². The van der Waals surface area contributed by atoms with Crippen molar-refractivity contribution in [1.29, 1.82) is 0 Å². The number of unbranched alkanes of at least 4 members (excludes halogenated alkanes) is 10. The smallest absolute Gasteiger partial charge is 0.790 e. The van der Waals surface area contributed by atoms with Crippen LogP contribution in [0.5, 0.6) is 0 Å². The van der Waals surface area contributed by atoms with E-state index in [9.17, 15) is 28.7 Å². The molecule has 0 aromatic rings. The fraction of sp³-hybridized carbons (Fsp3) is 0.607. The van der Waals surface area contributed by atoms with Gasteiger partial charge in [0.25, 0.3) is 0 Å². The second kappa shape index (κ2) is 33.3. The van der Waals surface area contributed by atoms with E-state index in [1.54, 1.807) is 0 Å². The number of carbonyl (C=O) groups excluding carboxylic acids is 3. The molecule has 0 radical (unpaired) electrons. The molecule has 0 bridgehead atoms. The van der Waals surface area contributed by atoms with E-state index in [2.05, 4.69) is 58.6 Å². The number of hydrogen-bond donors (Lipinski definition) is 1. The minimum Gasteiger partial charge on any atom is -0.790 e. The topological polar surface area (TPSA) is 168 Å². The molecule has 0 fully saturated rings. The van der Waals surface area contributed by atoms with Crippen molar-refractivity contribution >= 4 is 25.7 Å². The number of ether oxygens (including phenoxy) is 2. The summed E-state index contributed by atoms with van der Waals surface area (Å²) < 4.78 is 24.8. The molecule has 1 atom stereocenters. The van der Waals surface area contributed by atoms with Crippen LogP contribution in [-0.2, 0) is 32.9 Å². The molecule has 13 heteroatoms. The van der Waals surface area contributed by atoms with Gasteiger partial charge in [-0.25, -0.2) is 4.79 Å². The third kappa shape index (κ3) is 43.3. The second-order valence-electron chi connectivity index (χ2n) is 8.24. The van der Waals surface area contributed by atoms with Gasteiger partial charge in [-0.15, -0.1) is 6.42 Å². The van der Waals surface area contributed by atoms with Crippen molar-refractivity contribution in [2.45, 2.75) is 97.0 Å². The van der Waals surface area contributed by atoms with E-state index >= 15 is 0 Å². The summed E-state index contributed by atoms with van der Waals surface area (Å²) in [5.41, 5.74) is 4.47. The van der Waals surface area contributed by atoms with Gasteiger partial charge in [0.15, 0.2) is 6.10 Å². The second-order valence-corrected chi connectivity index (χ2v) is 9.40. The normalized spacial score (nSPS) is 9.83. The summed E-state index contributed by atoms with van der Waals surface area (Å²) in [6.45, 7) is 2.20. The summed E-state index contributed by atoms with van der Waals surface area (Å²) in [4.78, 5) is 54.4. The summed E-state index contributed by atoms with van der Waals surface area (Å²) in [6, 6.07) is 0. The van der Waals surface area contributed by atoms with Gasteiger partial charge >= 0.3 is 71.1 Å². The maximum Gasteiger partial charge on any atom is 1.00 e. The monoisotopic (exact) mass is 623 g/mol. The van der Waals surface area contributed by atoms with Crippen molar-refractivity contribution in [2.24, 2.45) is 5.73 Å². The summed E-state index contributed by atoms with van der Waals surface area (Å²) in [5.74, 6) is 13.4. The predicted molar refractivity (Wildman–Crippen MR) is 157 cm³/mol. The van der Waals surface area contributed by atoms with Crippen LogP contribution in [0.4, 0.5) is 0 Å². The molecule has 1 amide bonds. The Bertz CT molecular complexity index is 1030. The van der Waals surface area contributed by atoms with Gasteiger partial charge in [-0.3, -0.25) is 9.59 Å². The van der Waals surface area contributed by atoms with Crippen LogP contribution < -0.4 is 74.6 Å². The van der Waals surface area contributed by atoms with Gasteiger partial charge in [0.1, 0.15) is 6.61 Å². The van der Waals surface area contributed by atoms with Crippen molar-refractivity contribution in [2.75, 3.05) is 13.2 Å². The number of phosphoric ester groups is 1. The molecule has 0 saturated carbocycles. The van der Waals surface area contributed by atoms with Crippen LogP contribution in [0.15, 0.2) is 0 Å². The van der Waals surface area contributed by atoms with E-state index < -0.39 is 39.1 Å². The molecule has 0 aliphatic carbocycles. The molecule has 2 N–H and O–H groups in total. The summed E-state index contributed by atoms with van der Waals surface area (Å²) in [5, 5.41) is 0. The molecular formula is C28H52NNa2O9P. The Morgan fingerprint density at radius 2 is 1.32 bits per heavy atom. The van der Waals surface area contributed by atoms with Gasteiger partial charge in [-0.05, 0) is 41.9 Å². The van der Waals surface area contributed by atoms with E-state index in [0.29, 0.717) is 6.42 Å². The minimum atomic E-state index is -5.29. The number of amides is 1. The molecule has 0 spiro atoms. The molecule has 41 heavy (non-hydrogen) atoms. The Labute approximate surface area is 299 Å². The quantitative estimate of drug-likeness (QED) is 0.0447. The number of esters is 2. The molecular weight excluding hydrogens is 571 g/mol. The van der Waals surface area contributed by atoms with Crippen LogP contribution >= 0.6 is 7.82 Å². The Hall–Kier alpha value is -1.24. The maximum atomic E-state index is 12.1. The molecule has 0 aliphatic rings. The van der Waals surface area contributed by atoms with Crippen LogP contribution in [0, 0.1) is 47.9 Å². The first-order valence-electron chi connectivity index (χ1n) is 12.8. The Balaban J connectivity index is -0.000000110. The fourth-order valence-electron chi connectivity index (χ4n) is 2.89. The summed E-state index contributed by atoms with van der Waals surface area (Å²) in [6.07, 6.45) is 16.1. The zero-order chi connectivity index (χ0) is 29.8. The Kier molecular flexibility index (Phi) is 37.9. The fourth-order valence-corrected chi connectivity index (χ4v) is 3.23. The van der Waals surface area contributed by atoms with Crippen LogP contribution in [0.3, 0.4) is 0 Å². The predicted octanol–water partition coefficient (Wildman–Crippen LogP) is -2.15. The summed E-state index contributed by atoms with van der Waals surface area (Å²) in [7, 11) is -5.29. The van der Waals surface area contributed by atoms with Crippen molar-refractivity contribution < 1.29 is 112 Å². The average molecular weight is 624 g/mol. The van der Waals surface area contributed by atoms with Crippen molar-refractivity contribution in [1.82, 2.24) is 0 Å². The number of terminal acetylenes is 1. The number of primary amides is 1. The van der Waals surface area contributed by atoms with Crippen LogP contribution in [0.25, 0.3) is 0 Å². The van der Waals surface area contributed by atoms with Gasteiger partial charge in [0.05, 0.1) is 14.4 Å². The standard InChI is InChI=1S/C26H35O8P.C2H5NO.2Na.7H2/c1-3-5-7-9-11-12-13-14-15-17-19-21-26(28)34-24(23-33-35(29,30)31)22-32-25(27)20-18-16-10-8-6-4-2;1-2(3)4;;;;;;;;;/h2,24H,3,5,7,9,11-15,17,19,21-23H2,1H3,(H2,29,30,31);1H3,(H2,3,4);;;7*1H/q;;2*+1;;;;;;;/p-2/t24-;;;;;;;;;;/m1........../s1. The molecule has 0 rings (SSSR count). The van der Waals surface area contributed by atoms with Gasteiger partial charge in [0.2, 0.25) is 5.91 Å². The number of carbonyl (C=O) groups is 3. The Morgan fingerprint density at radius 3 is 1.80 bits per heavy atom. The van der Waals surface area contributed by atoms with Gasteiger partial charge < -0.3 is 34.1 Å². The molecule has 0 aliphatic heterocycles. The minimum absolute atomic E-state index is 0. The van der Waals surface area contributed by atoms with E-state index in [1.807, 2.05) is 0 Å². The Morgan fingerprint density at radius 1 is 0.854 bits per heavy atom. The number of hydrogen-bond acceptors (Lipinski definition) is 9. The van der Waals surface area contributed by atoms with Crippen LogP contribution in [0.2, 0.25) is 0 Å². The van der Waals surface area contributed by atoms with Gasteiger partial charge in [-0.2, -0.15) is 0 Å². The molecule has 0 unspecified atom stereocenters. The summed E-state index contributed by atoms with van der Waals surface area (Å²) >= 11 is 0. The third-order valence-electron chi connectivity index (χ3n) is 4.59. The average Bonchev–Trinajstić information content (AvgIpc) is 2.85. The van der Waals surface area contributed by atoms with Crippen molar-refractivity contribution in [3.8, 4) is 47.9 Å². The van der Waals surface area contributed by atoms with E-state index in [1.165, 1.54) is 51.9 Å². The first kappa shape index (κ1) is 46.7. The van der Waals surface area contributed by atoms with E-state index in [-0.39, 0.29) is 81.4 Å². The first-order valence-corrected chi connectivity index (χ1v) is 14.2. The van der Waals surface area contributed by atoms with Crippen LogP contribution in [0.1, 0.15) is 101 Å². The van der Waals surface area contributed by atoms with Gasteiger partial charge in [-0.1, -0.05) is 71.1 Å². The molecule has 230 valence electrons. The zero-order valence-corrected chi connectivity index (χ0v) is 29.6. The zero-order valence-electron chi connectivity index (χ0n) is 24.8. The molecule has 0 aromatic heterocycles. The van der Waals surface area contributed by atoms with Crippen LogP contribution in [-0.4, -0.2) is 37.2 Å². The maximum absolute atomic E-state index is 12.1. The largest absolute Gasteiger partial charge is 1.00 e. The third-order valence-corrected chi connectivity index (χ3v) is 5.05. The van der Waals surface area contributed by atoms with Crippen molar-refractivity contribution in [3.63, 3.8) is 0 Å². The molecule has 0 heterocycles. The van der Waals surface area contributed by atoms with Gasteiger partial charge in [0, 0.05) is 29.3 Å². The molecule has 0 saturated heterocycles.